The minimum Gasteiger partial charge on any atom is -0.280 e. The van der Waals surface area contributed by atoms with Gasteiger partial charge in [0.15, 0.2) is 0 Å². The minimum atomic E-state index is -3.52. The maximum absolute atomic E-state index is 12.1. The van der Waals surface area contributed by atoms with Gasteiger partial charge in [0.1, 0.15) is 0 Å². The maximum Gasteiger partial charge on any atom is 0.261 e. The van der Waals surface area contributed by atoms with Gasteiger partial charge in [-0.25, -0.2) is 8.42 Å². The fourth-order valence-electron chi connectivity index (χ4n) is 1.38. The van der Waals surface area contributed by atoms with Crippen LogP contribution in [-0.4, -0.2) is 8.42 Å². The van der Waals surface area contributed by atoms with Crippen molar-refractivity contribution >= 4 is 54.2 Å². The molecule has 0 amide bonds. The van der Waals surface area contributed by atoms with Crippen LogP contribution in [0.5, 0.6) is 0 Å². The molecule has 2 aromatic rings. The SMILES string of the molecule is O=S(=O)(Nc1cccc(I)c1)c1ccc(Br)cc1. The van der Waals surface area contributed by atoms with Crippen molar-refractivity contribution in [1.29, 1.82) is 0 Å². The number of hydrogen-bond donors (Lipinski definition) is 1. The van der Waals surface area contributed by atoms with Crippen LogP contribution < -0.4 is 4.72 Å². The van der Waals surface area contributed by atoms with Gasteiger partial charge in [-0.15, -0.1) is 0 Å². The molecule has 0 aliphatic carbocycles. The van der Waals surface area contributed by atoms with E-state index in [1.54, 1.807) is 42.5 Å². The first kappa shape index (κ1) is 13.8. The Hall–Kier alpha value is -0.600. The van der Waals surface area contributed by atoms with Crippen LogP contribution in [0.15, 0.2) is 57.9 Å². The second kappa shape index (κ2) is 5.58. The molecule has 3 nitrogen and oxygen atoms in total. The van der Waals surface area contributed by atoms with Crippen molar-refractivity contribution in [2.45, 2.75) is 4.90 Å². The third kappa shape index (κ3) is 3.46. The zero-order chi connectivity index (χ0) is 13.2. The van der Waals surface area contributed by atoms with E-state index >= 15 is 0 Å². The highest BCUT2D eigenvalue weighted by molar-refractivity contribution is 14.1. The largest absolute Gasteiger partial charge is 0.280 e. The quantitative estimate of drug-likeness (QED) is 0.741. The Morgan fingerprint density at radius 2 is 1.72 bits per heavy atom. The number of anilines is 1. The van der Waals surface area contributed by atoms with Crippen LogP contribution >= 0.6 is 38.5 Å². The highest BCUT2D eigenvalue weighted by atomic mass is 127. The van der Waals surface area contributed by atoms with Gasteiger partial charge in [-0.3, -0.25) is 4.72 Å². The average molecular weight is 438 g/mol. The van der Waals surface area contributed by atoms with Gasteiger partial charge in [-0.2, -0.15) is 0 Å². The van der Waals surface area contributed by atoms with E-state index in [1.807, 2.05) is 6.07 Å². The number of hydrogen-bond acceptors (Lipinski definition) is 2. The molecule has 18 heavy (non-hydrogen) atoms. The maximum atomic E-state index is 12.1. The molecule has 0 unspecified atom stereocenters. The summed E-state index contributed by atoms with van der Waals surface area (Å²) in [5.41, 5.74) is 0.560. The summed E-state index contributed by atoms with van der Waals surface area (Å²) >= 11 is 5.41. The Labute approximate surface area is 128 Å². The molecule has 0 saturated carbocycles. The van der Waals surface area contributed by atoms with Crippen LogP contribution in [0.4, 0.5) is 5.69 Å². The Balaban J connectivity index is 2.30. The molecule has 0 aliphatic heterocycles. The first-order chi connectivity index (χ1) is 8.47. The standard InChI is InChI=1S/C12H9BrINO2S/c13-9-4-6-12(7-5-9)18(16,17)15-11-3-1-2-10(14)8-11/h1-8,15H. The van der Waals surface area contributed by atoms with Crippen LogP contribution in [0.1, 0.15) is 0 Å². The van der Waals surface area contributed by atoms with Crippen LogP contribution in [-0.2, 0) is 10.0 Å². The van der Waals surface area contributed by atoms with E-state index in [2.05, 4.69) is 43.2 Å². The first-order valence-corrected chi connectivity index (χ1v) is 8.37. The van der Waals surface area contributed by atoms with E-state index in [1.165, 1.54) is 0 Å². The third-order valence-electron chi connectivity index (χ3n) is 2.20. The predicted octanol–water partition coefficient (Wildman–Crippen LogP) is 3.85. The number of rotatable bonds is 3. The fraction of sp³-hybridized carbons (Fsp3) is 0. The summed E-state index contributed by atoms with van der Waals surface area (Å²) in [6, 6.07) is 13.7. The molecule has 0 saturated heterocycles. The fourth-order valence-corrected chi connectivity index (χ4v) is 3.24. The molecule has 0 aromatic heterocycles. The van der Waals surface area contributed by atoms with Gasteiger partial charge in [0.2, 0.25) is 0 Å². The molecule has 0 bridgehead atoms. The smallest absolute Gasteiger partial charge is 0.261 e. The van der Waals surface area contributed by atoms with Gasteiger partial charge < -0.3 is 0 Å². The van der Waals surface area contributed by atoms with Crippen LogP contribution in [0, 0.1) is 3.57 Å². The number of halogens is 2. The number of nitrogens with one attached hydrogen (secondary N) is 1. The van der Waals surface area contributed by atoms with Crippen molar-refractivity contribution in [3.05, 3.63) is 56.6 Å². The van der Waals surface area contributed by atoms with E-state index in [0.29, 0.717) is 5.69 Å². The lowest BCUT2D eigenvalue weighted by Gasteiger charge is -2.08. The van der Waals surface area contributed by atoms with Gasteiger partial charge in [0, 0.05) is 13.7 Å². The zero-order valence-electron chi connectivity index (χ0n) is 9.10. The normalized spacial score (nSPS) is 11.2. The third-order valence-corrected chi connectivity index (χ3v) is 4.80. The highest BCUT2D eigenvalue weighted by Gasteiger charge is 2.13. The summed E-state index contributed by atoms with van der Waals surface area (Å²) in [6.07, 6.45) is 0. The van der Waals surface area contributed by atoms with Crippen LogP contribution in [0.3, 0.4) is 0 Å². The average Bonchev–Trinajstić information content (AvgIpc) is 2.29. The van der Waals surface area contributed by atoms with Crippen LogP contribution in [0.2, 0.25) is 0 Å². The molecule has 94 valence electrons. The van der Waals surface area contributed by atoms with Crippen LogP contribution in [0.25, 0.3) is 0 Å². The Morgan fingerprint density at radius 3 is 2.33 bits per heavy atom. The molecule has 2 rings (SSSR count). The van der Waals surface area contributed by atoms with Gasteiger partial charge in [-0.1, -0.05) is 22.0 Å². The summed E-state index contributed by atoms with van der Waals surface area (Å²) in [6.45, 7) is 0. The van der Waals surface area contributed by atoms with Gasteiger partial charge in [0.25, 0.3) is 10.0 Å². The summed E-state index contributed by atoms with van der Waals surface area (Å²) < 4.78 is 28.6. The second-order valence-corrected chi connectivity index (χ2v) is 7.41. The molecule has 0 fully saturated rings. The zero-order valence-corrected chi connectivity index (χ0v) is 13.7. The monoisotopic (exact) mass is 437 g/mol. The Kier molecular flexibility index (Phi) is 4.29. The van der Waals surface area contributed by atoms with Crippen molar-refractivity contribution in [2.75, 3.05) is 4.72 Å². The lowest BCUT2D eigenvalue weighted by molar-refractivity contribution is 0.601. The summed E-state index contributed by atoms with van der Waals surface area (Å²) in [5, 5.41) is 0. The molecule has 0 heterocycles. The van der Waals surface area contributed by atoms with Crippen molar-refractivity contribution in [2.24, 2.45) is 0 Å². The summed E-state index contributed by atoms with van der Waals surface area (Å²) in [4.78, 5) is 0.240. The van der Waals surface area contributed by atoms with Crippen molar-refractivity contribution < 1.29 is 8.42 Å². The molecule has 6 heteroatoms. The molecule has 1 N–H and O–H groups in total. The number of benzene rings is 2. The van der Waals surface area contributed by atoms with Gasteiger partial charge in [-0.05, 0) is 65.1 Å². The Bertz CT molecular complexity index is 656. The Morgan fingerprint density at radius 1 is 1.06 bits per heavy atom. The van der Waals surface area contributed by atoms with Gasteiger partial charge >= 0.3 is 0 Å². The van der Waals surface area contributed by atoms with Crippen molar-refractivity contribution in [3.63, 3.8) is 0 Å². The van der Waals surface area contributed by atoms with E-state index in [0.717, 1.165) is 8.04 Å². The summed E-state index contributed by atoms with van der Waals surface area (Å²) in [7, 11) is -3.52. The van der Waals surface area contributed by atoms with Gasteiger partial charge in [0.05, 0.1) is 4.90 Å². The first-order valence-electron chi connectivity index (χ1n) is 5.01. The van der Waals surface area contributed by atoms with Crippen molar-refractivity contribution in [1.82, 2.24) is 0 Å². The second-order valence-electron chi connectivity index (χ2n) is 3.57. The van der Waals surface area contributed by atoms with Crippen molar-refractivity contribution in [3.8, 4) is 0 Å². The van der Waals surface area contributed by atoms with E-state index < -0.39 is 10.0 Å². The van der Waals surface area contributed by atoms with E-state index in [4.69, 9.17) is 0 Å². The molecule has 0 spiro atoms. The minimum absolute atomic E-state index is 0.240. The number of sulfonamides is 1. The molecular formula is C12H9BrINO2S. The molecule has 0 aliphatic rings. The molecule has 0 radical (unpaired) electrons. The topological polar surface area (TPSA) is 46.2 Å². The molecular weight excluding hydrogens is 429 g/mol. The van der Waals surface area contributed by atoms with E-state index in [9.17, 15) is 8.42 Å². The van der Waals surface area contributed by atoms with E-state index in [-0.39, 0.29) is 4.90 Å². The molecule has 2 aromatic carbocycles. The predicted molar refractivity (Wildman–Crippen MR) is 84.1 cm³/mol. The lowest BCUT2D eigenvalue weighted by atomic mass is 10.3. The molecule has 0 atom stereocenters. The summed E-state index contributed by atoms with van der Waals surface area (Å²) in [5.74, 6) is 0. The lowest BCUT2D eigenvalue weighted by Crippen LogP contribution is -2.12. The highest BCUT2D eigenvalue weighted by Crippen LogP contribution is 2.19.